The van der Waals surface area contributed by atoms with Crippen molar-refractivity contribution in [3.8, 4) is 0 Å². The SMILES string of the molecule is CC(=O)c1cccc(NC(=O)c2ccccc2)c1. The molecule has 0 radical (unpaired) electrons. The van der Waals surface area contributed by atoms with E-state index in [1.54, 1.807) is 48.5 Å². The first kappa shape index (κ1) is 12.0. The zero-order chi connectivity index (χ0) is 13.0. The first-order valence-corrected chi connectivity index (χ1v) is 5.64. The topological polar surface area (TPSA) is 46.2 Å². The first-order chi connectivity index (χ1) is 8.66. The maximum absolute atomic E-state index is 11.9. The largest absolute Gasteiger partial charge is 0.322 e. The van der Waals surface area contributed by atoms with Gasteiger partial charge < -0.3 is 5.32 Å². The molecule has 0 aliphatic heterocycles. The van der Waals surface area contributed by atoms with Gasteiger partial charge in [-0.25, -0.2) is 0 Å². The molecule has 0 unspecified atom stereocenters. The zero-order valence-electron chi connectivity index (χ0n) is 10.0. The highest BCUT2D eigenvalue weighted by molar-refractivity contribution is 6.05. The molecular formula is C15H13NO2. The maximum atomic E-state index is 11.9. The summed E-state index contributed by atoms with van der Waals surface area (Å²) in [4.78, 5) is 23.1. The second-order valence-electron chi connectivity index (χ2n) is 3.96. The number of ketones is 1. The Morgan fingerprint density at radius 3 is 2.22 bits per heavy atom. The van der Waals surface area contributed by atoms with Crippen molar-refractivity contribution < 1.29 is 9.59 Å². The van der Waals surface area contributed by atoms with Gasteiger partial charge in [0.05, 0.1) is 0 Å². The third kappa shape index (κ3) is 2.83. The second-order valence-corrected chi connectivity index (χ2v) is 3.96. The predicted octanol–water partition coefficient (Wildman–Crippen LogP) is 3.14. The highest BCUT2D eigenvalue weighted by Crippen LogP contribution is 2.12. The van der Waals surface area contributed by atoms with Gasteiger partial charge in [0.2, 0.25) is 0 Å². The summed E-state index contributed by atoms with van der Waals surface area (Å²) in [6.45, 7) is 1.50. The Kier molecular flexibility index (Phi) is 3.53. The summed E-state index contributed by atoms with van der Waals surface area (Å²) in [5.41, 5.74) is 1.79. The lowest BCUT2D eigenvalue weighted by atomic mass is 10.1. The molecular weight excluding hydrogens is 226 g/mol. The summed E-state index contributed by atoms with van der Waals surface area (Å²) in [7, 11) is 0. The van der Waals surface area contributed by atoms with Crippen molar-refractivity contribution in [1.29, 1.82) is 0 Å². The number of hydrogen-bond acceptors (Lipinski definition) is 2. The van der Waals surface area contributed by atoms with Crippen molar-refractivity contribution in [2.24, 2.45) is 0 Å². The van der Waals surface area contributed by atoms with Crippen LogP contribution in [0.4, 0.5) is 5.69 Å². The van der Waals surface area contributed by atoms with Crippen LogP contribution < -0.4 is 5.32 Å². The summed E-state index contributed by atoms with van der Waals surface area (Å²) in [6, 6.07) is 15.8. The molecule has 0 aliphatic carbocycles. The van der Waals surface area contributed by atoms with Gasteiger partial charge in [0.1, 0.15) is 0 Å². The molecule has 2 aromatic rings. The van der Waals surface area contributed by atoms with E-state index in [9.17, 15) is 9.59 Å². The predicted molar refractivity (Wildman–Crippen MR) is 70.8 cm³/mol. The molecule has 18 heavy (non-hydrogen) atoms. The minimum absolute atomic E-state index is 0.0224. The molecule has 0 fully saturated rings. The zero-order valence-corrected chi connectivity index (χ0v) is 10.0. The van der Waals surface area contributed by atoms with Gasteiger partial charge in [0.15, 0.2) is 5.78 Å². The van der Waals surface area contributed by atoms with Crippen molar-refractivity contribution in [2.45, 2.75) is 6.92 Å². The minimum Gasteiger partial charge on any atom is -0.322 e. The van der Waals surface area contributed by atoms with Crippen LogP contribution in [0.3, 0.4) is 0 Å². The summed E-state index contributed by atoms with van der Waals surface area (Å²) in [5, 5.41) is 2.76. The van der Waals surface area contributed by atoms with Gasteiger partial charge in [-0.3, -0.25) is 9.59 Å². The van der Waals surface area contributed by atoms with Crippen molar-refractivity contribution in [3.63, 3.8) is 0 Å². The number of Topliss-reactive ketones (excluding diaryl/α,β-unsaturated/α-hetero) is 1. The average Bonchev–Trinajstić information content (AvgIpc) is 2.40. The molecule has 0 aromatic heterocycles. The van der Waals surface area contributed by atoms with E-state index in [1.807, 2.05) is 6.07 Å². The Morgan fingerprint density at radius 2 is 1.56 bits per heavy atom. The molecule has 0 bridgehead atoms. The summed E-state index contributed by atoms with van der Waals surface area (Å²) >= 11 is 0. The molecule has 0 aliphatic rings. The number of nitrogens with one attached hydrogen (secondary N) is 1. The van der Waals surface area contributed by atoms with Crippen LogP contribution in [-0.2, 0) is 0 Å². The normalized spacial score (nSPS) is 9.83. The highest BCUT2D eigenvalue weighted by Gasteiger charge is 2.06. The Morgan fingerprint density at radius 1 is 0.889 bits per heavy atom. The molecule has 3 heteroatoms. The van der Waals surface area contributed by atoms with Crippen LogP contribution in [-0.4, -0.2) is 11.7 Å². The van der Waals surface area contributed by atoms with E-state index < -0.39 is 0 Å². The van der Waals surface area contributed by atoms with Crippen molar-refractivity contribution in [1.82, 2.24) is 0 Å². The fraction of sp³-hybridized carbons (Fsp3) is 0.0667. The standard InChI is InChI=1S/C15H13NO2/c1-11(17)13-8-5-9-14(10-13)16-15(18)12-6-3-2-4-7-12/h2-10H,1H3,(H,16,18). The van der Waals surface area contributed by atoms with Crippen molar-refractivity contribution in [3.05, 3.63) is 65.7 Å². The van der Waals surface area contributed by atoms with E-state index in [0.29, 0.717) is 16.8 Å². The Labute approximate surface area is 105 Å². The molecule has 3 nitrogen and oxygen atoms in total. The molecule has 90 valence electrons. The number of carbonyl (C=O) groups excluding carboxylic acids is 2. The monoisotopic (exact) mass is 239 g/mol. The lowest BCUT2D eigenvalue weighted by molar-refractivity contribution is 0.101. The lowest BCUT2D eigenvalue weighted by Gasteiger charge is -2.06. The maximum Gasteiger partial charge on any atom is 0.255 e. The van der Waals surface area contributed by atoms with Gasteiger partial charge in [-0.05, 0) is 31.2 Å². The fourth-order valence-corrected chi connectivity index (χ4v) is 1.61. The average molecular weight is 239 g/mol. The van der Waals surface area contributed by atoms with Crippen LogP contribution in [0, 0.1) is 0 Å². The van der Waals surface area contributed by atoms with Crippen molar-refractivity contribution >= 4 is 17.4 Å². The van der Waals surface area contributed by atoms with Crippen LogP contribution in [0.5, 0.6) is 0 Å². The molecule has 0 saturated heterocycles. The van der Waals surface area contributed by atoms with E-state index in [-0.39, 0.29) is 11.7 Å². The third-order valence-electron chi connectivity index (χ3n) is 2.56. The highest BCUT2D eigenvalue weighted by atomic mass is 16.1. The molecule has 0 saturated carbocycles. The lowest BCUT2D eigenvalue weighted by Crippen LogP contribution is -2.11. The first-order valence-electron chi connectivity index (χ1n) is 5.64. The summed E-state index contributed by atoms with van der Waals surface area (Å²) in [5.74, 6) is -0.206. The van der Waals surface area contributed by atoms with E-state index in [1.165, 1.54) is 6.92 Å². The summed E-state index contributed by atoms with van der Waals surface area (Å²) in [6.07, 6.45) is 0. The van der Waals surface area contributed by atoms with E-state index in [2.05, 4.69) is 5.32 Å². The Bertz CT molecular complexity index is 576. The quantitative estimate of drug-likeness (QED) is 0.836. The number of benzene rings is 2. The Balaban J connectivity index is 2.17. The molecule has 2 aromatic carbocycles. The van der Waals surface area contributed by atoms with Crippen LogP contribution >= 0.6 is 0 Å². The van der Waals surface area contributed by atoms with Crippen LogP contribution in [0.25, 0.3) is 0 Å². The van der Waals surface area contributed by atoms with Gasteiger partial charge in [0.25, 0.3) is 5.91 Å². The van der Waals surface area contributed by atoms with Gasteiger partial charge in [-0.15, -0.1) is 0 Å². The molecule has 0 spiro atoms. The number of hydrogen-bond donors (Lipinski definition) is 1. The van der Waals surface area contributed by atoms with E-state index in [4.69, 9.17) is 0 Å². The molecule has 2 rings (SSSR count). The third-order valence-corrected chi connectivity index (χ3v) is 2.56. The van der Waals surface area contributed by atoms with Gasteiger partial charge >= 0.3 is 0 Å². The second kappa shape index (κ2) is 5.27. The van der Waals surface area contributed by atoms with Crippen LogP contribution in [0.15, 0.2) is 54.6 Å². The van der Waals surface area contributed by atoms with E-state index >= 15 is 0 Å². The van der Waals surface area contributed by atoms with E-state index in [0.717, 1.165) is 0 Å². The number of amides is 1. The number of anilines is 1. The molecule has 1 amide bonds. The molecule has 0 heterocycles. The van der Waals surface area contributed by atoms with Gasteiger partial charge in [-0.2, -0.15) is 0 Å². The summed E-state index contributed by atoms with van der Waals surface area (Å²) < 4.78 is 0. The van der Waals surface area contributed by atoms with Crippen LogP contribution in [0.2, 0.25) is 0 Å². The number of rotatable bonds is 3. The Hall–Kier alpha value is -2.42. The van der Waals surface area contributed by atoms with Gasteiger partial charge in [-0.1, -0.05) is 30.3 Å². The smallest absolute Gasteiger partial charge is 0.255 e. The minimum atomic E-state index is -0.184. The van der Waals surface area contributed by atoms with Gasteiger partial charge in [0, 0.05) is 16.8 Å². The molecule has 0 atom stereocenters. The fourth-order valence-electron chi connectivity index (χ4n) is 1.61. The molecule has 1 N–H and O–H groups in total. The van der Waals surface area contributed by atoms with Crippen molar-refractivity contribution in [2.75, 3.05) is 5.32 Å². The number of carbonyl (C=O) groups is 2. The van der Waals surface area contributed by atoms with Crippen LogP contribution in [0.1, 0.15) is 27.6 Å².